The fourth-order valence-electron chi connectivity index (χ4n) is 7.85. The average Bonchev–Trinajstić information content (AvgIpc) is 3.15. The lowest BCUT2D eigenvalue weighted by Crippen LogP contribution is -2.68. The van der Waals surface area contributed by atoms with Crippen LogP contribution in [0, 0.1) is 0 Å². The van der Waals surface area contributed by atoms with Gasteiger partial charge in [0.2, 0.25) is 0 Å². The standard InChI is InChI=1S/C36H75N9O9/c37-21-27-26(47)20-25(40)35(51-27)53-32-23(38)19-24(39)33(54-36-31(49)29(41)30(48)28(22-46)52-36)34(32)50-18-6-4-2-1-3-5-15-45-16-8-11-43-13-12-42-9-7-10-44-14-17-45/h23-36,42-44,46-49H,1-22,37-41H2/t23-,24+,25+,26-,27+,28+,29-,30+,31+,32+,33-,34-,35+,36+/m0/s1. The molecule has 0 aromatic rings. The van der Waals surface area contributed by atoms with E-state index in [-0.39, 0.29) is 19.4 Å². The van der Waals surface area contributed by atoms with Crippen LogP contribution in [0.4, 0.5) is 0 Å². The van der Waals surface area contributed by atoms with Crippen LogP contribution in [-0.2, 0) is 23.7 Å². The van der Waals surface area contributed by atoms with E-state index in [4.69, 9.17) is 52.4 Å². The lowest BCUT2D eigenvalue weighted by atomic mass is 9.84. The summed E-state index contributed by atoms with van der Waals surface area (Å²) in [5.74, 6) is 0. The molecule has 3 heterocycles. The Morgan fingerprint density at radius 2 is 1.24 bits per heavy atom. The highest BCUT2D eigenvalue weighted by Crippen LogP contribution is 2.32. The van der Waals surface area contributed by atoms with E-state index in [2.05, 4.69) is 20.9 Å². The van der Waals surface area contributed by atoms with Crippen molar-refractivity contribution >= 4 is 0 Å². The minimum Gasteiger partial charge on any atom is -0.394 e. The first-order valence-corrected chi connectivity index (χ1v) is 20.6. The van der Waals surface area contributed by atoms with E-state index in [1.165, 1.54) is 12.8 Å². The maximum Gasteiger partial charge on any atom is 0.186 e. The smallest absolute Gasteiger partial charge is 0.186 e. The first kappa shape index (κ1) is 46.0. The van der Waals surface area contributed by atoms with Crippen molar-refractivity contribution in [3.05, 3.63) is 0 Å². The SMILES string of the molecule is NC[C@H]1O[C@H](O[C@H]2[C@H](OCCCCCCCCN3CCCNCCNCCCNCC3)[C@@H](O[C@H]3O[C@H](CO)[C@@H](O)[C@H](N)[C@H]3O)[C@H](N)C[C@@H]2N)[C@H](N)C[C@@H]1O. The summed E-state index contributed by atoms with van der Waals surface area (Å²) in [5.41, 5.74) is 31.5. The number of unbranched alkanes of at least 4 members (excludes halogenated alkanes) is 5. The largest absolute Gasteiger partial charge is 0.394 e. The molecule has 17 N–H and O–H groups in total. The second kappa shape index (κ2) is 24.9. The summed E-state index contributed by atoms with van der Waals surface area (Å²) in [4.78, 5) is 2.59. The topological polar surface area (TPSA) is 297 Å². The van der Waals surface area contributed by atoms with Gasteiger partial charge in [0.05, 0.1) is 30.9 Å². The molecular weight excluding hydrogens is 702 g/mol. The molecule has 1 aliphatic carbocycles. The maximum absolute atomic E-state index is 10.9. The second-order valence-electron chi connectivity index (χ2n) is 15.5. The van der Waals surface area contributed by atoms with Crippen LogP contribution < -0.4 is 44.6 Å². The van der Waals surface area contributed by atoms with Crippen molar-refractivity contribution in [1.82, 2.24) is 20.9 Å². The van der Waals surface area contributed by atoms with Gasteiger partial charge < -0.3 is 93.6 Å². The first-order chi connectivity index (χ1) is 26.1. The Morgan fingerprint density at radius 3 is 1.93 bits per heavy atom. The molecule has 18 nitrogen and oxygen atoms in total. The number of aliphatic hydroxyl groups excluding tert-OH is 4. The summed E-state index contributed by atoms with van der Waals surface area (Å²) in [7, 11) is 0. The van der Waals surface area contributed by atoms with Crippen molar-refractivity contribution in [1.29, 1.82) is 0 Å². The number of hydrogen-bond acceptors (Lipinski definition) is 18. The molecule has 0 unspecified atom stereocenters. The van der Waals surface area contributed by atoms with Gasteiger partial charge in [-0.05, 0) is 71.2 Å². The molecule has 0 aromatic carbocycles. The molecule has 0 radical (unpaired) electrons. The van der Waals surface area contributed by atoms with Gasteiger partial charge >= 0.3 is 0 Å². The normalized spacial score (nSPS) is 39.9. The highest BCUT2D eigenvalue weighted by molar-refractivity contribution is 5.02. The number of nitrogens with zero attached hydrogens (tertiary/aromatic N) is 1. The summed E-state index contributed by atoms with van der Waals surface area (Å²) in [5, 5.41) is 52.0. The number of rotatable bonds is 16. The van der Waals surface area contributed by atoms with Gasteiger partial charge in [0.15, 0.2) is 12.6 Å². The van der Waals surface area contributed by atoms with E-state index in [0.29, 0.717) is 6.61 Å². The summed E-state index contributed by atoms with van der Waals surface area (Å²) in [6.07, 6.45) is -0.798. The Labute approximate surface area is 321 Å². The van der Waals surface area contributed by atoms with Crippen LogP contribution in [0.15, 0.2) is 0 Å². The van der Waals surface area contributed by atoms with E-state index >= 15 is 0 Å². The Bertz CT molecular complexity index is 986. The fourth-order valence-corrected chi connectivity index (χ4v) is 7.85. The van der Waals surface area contributed by atoms with Crippen molar-refractivity contribution in [2.45, 2.75) is 150 Å². The van der Waals surface area contributed by atoms with Crippen LogP contribution in [0.3, 0.4) is 0 Å². The minimum absolute atomic E-state index is 0.0851. The van der Waals surface area contributed by atoms with Crippen molar-refractivity contribution in [2.24, 2.45) is 28.7 Å². The lowest BCUT2D eigenvalue weighted by Gasteiger charge is -2.49. The van der Waals surface area contributed by atoms with E-state index in [1.807, 2.05) is 0 Å². The van der Waals surface area contributed by atoms with Gasteiger partial charge in [-0.15, -0.1) is 0 Å². The molecular formula is C36H75N9O9. The summed E-state index contributed by atoms with van der Waals surface area (Å²) in [6, 6.07) is -2.98. The molecule has 4 fully saturated rings. The third-order valence-corrected chi connectivity index (χ3v) is 11.2. The summed E-state index contributed by atoms with van der Waals surface area (Å²) in [6.45, 7) is 9.44. The molecule has 4 rings (SSSR count). The fraction of sp³-hybridized carbons (Fsp3) is 1.00. The number of nitrogens with one attached hydrogen (secondary N) is 3. The van der Waals surface area contributed by atoms with Crippen LogP contribution in [-0.4, -0.2) is 190 Å². The van der Waals surface area contributed by atoms with E-state index in [0.717, 1.165) is 97.4 Å². The molecule has 3 saturated heterocycles. The Morgan fingerprint density at radius 1 is 0.630 bits per heavy atom. The quantitative estimate of drug-likeness (QED) is 0.0664. The van der Waals surface area contributed by atoms with Crippen LogP contribution in [0.2, 0.25) is 0 Å². The predicted octanol–water partition coefficient (Wildman–Crippen LogP) is -4.07. The van der Waals surface area contributed by atoms with Gasteiger partial charge in [-0.1, -0.05) is 25.7 Å². The molecule has 4 aliphatic rings. The van der Waals surface area contributed by atoms with Gasteiger partial charge in [0, 0.05) is 51.4 Å². The highest BCUT2D eigenvalue weighted by atomic mass is 16.7. The molecule has 318 valence electrons. The first-order valence-electron chi connectivity index (χ1n) is 20.6. The Hall–Kier alpha value is -0.720. The Kier molecular flexibility index (Phi) is 21.2. The van der Waals surface area contributed by atoms with Crippen molar-refractivity contribution in [3.8, 4) is 0 Å². The summed E-state index contributed by atoms with van der Waals surface area (Å²) < 4.78 is 30.9. The summed E-state index contributed by atoms with van der Waals surface area (Å²) >= 11 is 0. The highest BCUT2D eigenvalue weighted by Gasteiger charge is 2.51. The zero-order valence-electron chi connectivity index (χ0n) is 32.3. The van der Waals surface area contributed by atoms with Crippen molar-refractivity contribution in [2.75, 3.05) is 78.7 Å². The third-order valence-electron chi connectivity index (χ3n) is 11.2. The molecule has 3 aliphatic heterocycles. The van der Waals surface area contributed by atoms with Crippen molar-refractivity contribution in [3.63, 3.8) is 0 Å². The molecule has 0 amide bonds. The van der Waals surface area contributed by atoms with Crippen LogP contribution >= 0.6 is 0 Å². The lowest BCUT2D eigenvalue weighted by molar-refractivity contribution is -0.318. The van der Waals surface area contributed by atoms with Gasteiger partial charge in [0.25, 0.3) is 0 Å². The molecule has 0 bridgehead atoms. The Balaban J connectivity index is 1.29. The van der Waals surface area contributed by atoms with Crippen LogP contribution in [0.5, 0.6) is 0 Å². The van der Waals surface area contributed by atoms with Gasteiger partial charge in [0.1, 0.15) is 36.6 Å². The van der Waals surface area contributed by atoms with Gasteiger partial charge in [-0.2, -0.15) is 0 Å². The van der Waals surface area contributed by atoms with Crippen LogP contribution in [0.25, 0.3) is 0 Å². The number of ether oxygens (including phenoxy) is 5. The van der Waals surface area contributed by atoms with Crippen molar-refractivity contribution < 1.29 is 44.1 Å². The number of aliphatic hydroxyl groups is 4. The molecule has 54 heavy (non-hydrogen) atoms. The van der Waals surface area contributed by atoms with Gasteiger partial charge in [-0.25, -0.2) is 0 Å². The zero-order valence-corrected chi connectivity index (χ0v) is 32.3. The van der Waals surface area contributed by atoms with E-state index in [9.17, 15) is 20.4 Å². The molecule has 1 saturated carbocycles. The molecule has 18 heteroatoms. The average molecular weight is 778 g/mol. The maximum atomic E-state index is 10.9. The van der Waals surface area contributed by atoms with Crippen LogP contribution in [0.1, 0.15) is 64.2 Å². The predicted molar refractivity (Wildman–Crippen MR) is 204 cm³/mol. The van der Waals surface area contributed by atoms with Gasteiger partial charge in [-0.3, -0.25) is 0 Å². The van der Waals surface area contributed by atoms with E-state index in [1.54, 1.807) is 0 Å². The van der Waals surface area contributed by atoms with E-state index < -0.39 is 92.2 Å². The third kappa shape index (κ3) is 14.3. The molecule has 14 atom stereocenters. The molecule has 0 spiro atoms. The number of hydrogen-bond donors (Lipinski definition) is 12. The second-order valence-corrected chi connectivity index (χ2v) is 15.5. The minimum atomic E-state index is -1.40. The monoisotopic (exact) mass is 778 g/mol. The molecule has 0 aromatic heterocycles. The number of nitrogens with two attached hydrogens (primary N) is 5. The zero-order chi connectivity index (χ0) is 38.9.